The third kappa shape index (κ3) is 4.53. The number of halogens is 1. The summed E-state index contributed by atoms with van der Waals surface area (Å²) in [6.45, 7) is 2.07. The van der Waals surface area contributed by atoms with Crippen LogP contribution in [0.4, 0.5) is 5.13 Å². The highest BCUT2D eigenvalue weighted by atomic mass is 35.5. The quantitative estimate of drug-likeness (QED) is 0.868. The number of hydrogen-bond donors (Lipinski definition) is 2. The van der Waals surface area contributed by atoms with E-state index in [1.807, 2.05) is 0 Å². The molecule has 1 saturated carbocycles. The summed E-state index contributed by atoms with van der Waals surface area (Å²) in [5.74, 6) is -0.129. The summed E-state index contributed by atoms with van der Waals surface area (Å²) < 4.78 is 0. The van der Waals surface area contributed by atoms with Crippen LogP contribution in [-0.4, -0.2) is 21.6 Å². The van der Waals surface area contributed by atoms with Crippen LogP contribution < -0.4 is 11.1 Å². The zero-order valence-electron chi connectivity index (χ0n) is 13.7. The minimum Gasteiger partial charge on any atom is -0.317 e. The molecule has 1 heterocycles. The van der Waals surface area contributed by atoms with Gasteiger partial charge < -0.3 is 5.73 Å². The van der Waals surface area contributed by atoms with Gasteiger partial charge in [0.05, 0.1) is 5.54 Å². The number of amides is 1. The number of benzene rings is 1. The molecule has 0 aliphatic heterocycles. The highest BCUT2D eigenvalue weighted by Gasteiger charge is 2.35. The number of nitrogens with one attached hydrogen (secondary N) is 1. The summed E-state index contributed by atoms with van der Waals surface area (Å²) in [4.78, 5) is 12.4. The zero-order valence-corrected chi connectivity index (χ0v) is 15.4. The van der Waals surface area contributed by atoms with Gasteiger partial charge >= 0.3 is 0 Å². The largest absolute Gasteiger partial charge is 0.317 e. The molecular formula is C17H23ClN4OS. The lowest BCUT2D eigenvalue weighted by atomic mass is 9.82. The number of aromatic nitrogens is 2. The zero-order chi connectivity index (χ0) is 16.3. The van der Waals surface area contributed by atoms with Gasteiger partial charge in [-0.1, -0.05) is 60.4 Å². The number of carbonyl (C=O) groups excluding carboxylic acids is 1. The van der Waals surface area contributed by atoms with E-state index in [1.165, 1.54) is 22.5 Å². The molecule has 2 aromatic rings. The average Bonchev–Trinajstić information content (AvgIpc) is 2.97. The SMILES string of the molecule is Cc1ccc(Cc2nnc(NC(=O)C3(N)CCCCC3)s2)cc1.Cl. The molecule has 0 bridgehead atoms. The van der Waals surface area contributed by atoms with Gasteiger partial charge in [-0.05, 0) is 25.3 Å². The minimum absolute atomic E-state index is 0. The molecule has 3 rings (SSSR count). The Bertz CT molecular complexity index is 680. The van der Waals surface area contributed by atoms with E-state index < -0.39 is 5.54 Å². The van der Waals surface area contributed by atoms with Crippen molar-refractivity contribution in [1.29, 1.82) is 0 Å². The van der Waals surface area contributed by atoms with Gasteiger partial charge in [0.15, 0.2) is 0 Å². The van der Waals surface area contributed by atoms with Gasteiger partial charge in [0, 0.05) is 6.42 Å². The van der Waals surface area contributed by atoms with E-state index in [1.54, 1.807) is 0 Å². The molecule has 24 heavy (non-hydrogen) atoms. The van der Waals surface area contributed by atoms with Crippen LogP contribution in [0.2, 0.25) is 0 Å². The van der Waals surface area contributed by atoms with Crippen molar-refractivity contribution in [1.82, 2.24) is 10.2 Å². The van der Waals surface area contributed by atoms with Gasteiger partial charge in [0.1, 0.15) is 5.01 Å². The van der Waals surface area contributed by atoms with E-state index in [0.29, 0.717) is 5.13 Å². The van der Waals surface area contributed by atoms with E-state index in [0.717, 1.165) is 43.5 Å². The second kappa shape index (κ2) is 8.05. The Labute approximate surface area is 152 Å². The van der Waals surface area contributed by atoms with Gasteiger partial charge in [-0.3, -0.25) is 10.1 Å². The lowest BCUT2D eigenvalue weighted by Gasteiger charge is -2.31. The molecule has 5 nitrogen and oxygen atoms in total. The summed E-state index contributed by atoms with van der Waals surface area (Å²) in [5.41, 5.74) is 7.91. The molecule has 0 radical (unpaired) electrons. The van der Waals surface area contributed by atoms with Crippen LogP contribution in [-0.2, 0) is 11.2 Å². The summed E-state index contributed by atoms with van der Waals surface area (Å²) in [6.07, 6.45) is 5.40. The average molecular weight is 367 g/mol. The molecule has 3 N–H and O–H groups in total. The van der Waals surface area contributed by atoms with Crippen molar-refractivity contribution in [2.75, 3.05) is 5.32 Å². The number of carbonyl (C=O) groups is 1. The second-order valence-corrected chi connectivity index (χ2v) is 7.40. The second-order valence-electron chi connectivity index (χ2n) is 6.33. The summed E-state index contributed by atoms with van der Waals surface area (Å²) in [7, 11) is 0. The van der Waals surface area contributed by atoms with Crippen molar-refractivity contribution in [3.8, 4) is 0 Å². The number of nitrogens with zero attached hydrogens (tertiary/aromatic N) is 2. The van der Waals surface area contributed by atoms with E-state index in [-0.39, 0.29) is 18.3 Å². The highest BCUT2D eigenvalue weighted by molar-refractivity contribution is 7.15. The number of rotatable bonds is 4. The molecule has 0 spiro atoms. The first kappa shape index (κ1) is 18.8. The minimum atomic E-state index is -0.749. The van der Waals surface area contributed by atoms with E-state index in [9.17, 15) is 4.79 Å². The number of nitrogens with two attached hydrogens (primary N) is 1. The molecule has 1 fully saturated rings. The molecule has 0 atom stereocenters. The molecule has 1 aromatic heterocycles. The number of aryl methyl sites for hydroxylation is 1. The normalized spacial score (nSPS) is 16.2. The first-order valence-corrected chi connectivity index (χ1v) is 8.85. The Kier molecular flexibility index (Phi) is 6.32. The van der Waals surface area contributed by atoms with Crippen LogP contribution >= 0.6 is 23.7 Å². The number of hydrogen-bond acceptors (Lipinski definition) is 5. The standard InChI is InChI=1S/C17H22N4OS.ClH/c1-12-5-7-13(8-6-12)11-14-20-21-16(23-14)19-15(22)17(18)9-3-2-4-10-17;/h5-8H,2-4,9-11,18H2,1H3,(H,19,21,22);1H. The molecule has 1 aromatic carbocycles. The number of anilines is 1. The van der Waals surface area contributed by atoms with Gasteiger partial charge in [-0.15, -0.1) is 22.6 Å². The highest BCUT2D eigenvalue weighted by Crippen LogP contribution is 2.28. The Balaban J connectivity index is 0.00000208. The third-order valence-corrected chi connectivity index (χ3v) is 5.20. The maximum absolute atomic E-state index is 12.4. The molecule has 1 aliphatic rings. The maximum atomic E-state index is 12.4. The predicted molar refractivity (Wildman–Crippen MR) is 99.8 cm³/mol. The van der Waals surface area contributed by atoms with E-state index in [2.05, 4.69) is 46.7 Å². The maximum Gasteiger partial charge on any atom is 0.246 e. The lowest BCUT2D eigenvalue weighted by molar-refractivity contribution is -0.122. The first-order valence-electron chi connectivity index (χ1n) is 8.03. The Morgan fingerprint density at radius 2 is 1.88 bits per heavy atom. The van der Waals surface area contributed by atoms with Crippen molar-refractivity contribution in [3.05, 3.63) is 40.4 Å². The van der Waals surface area contributed by atoms with Gasteiger partial charge in [-0.25, -0.2) is 0 Å². The Hall–Kier alpha value is -1.50. The van der Waals surface area contributed by atoms with Gasteiger partial charge in [0.2, 0.25) is 11.0 Å². The fraction of sp³-hybridized carbons (Fsp3) is 0.471. The Morgan fingerprint density at radius 3 is 2.54 bits per heavy atom. The van der Waals surface area contributed by atoms with Crippen LogP contribution in [0.25, 0.3) is 0 Å². The van der Waals surface area contributed by atoms with Crippen LogP contribution in [0.15, 0.2) is 24.3 Å². The molecule has 0 saturated heterocycles. The van der Waals surface area contributed by atoms with Crippen molar-refractivity contribution in [2.45, 2.75) is 51.0 Å². The lowest BCUT2D eigenvalue weighted by Crippen LogP contribution is -2.52. The fourth-order valence-electron chi connectivity index (χ4n) is 2.89. The summed E-state index contributed by atoms with van der Waals surface area (Å²) in [6, 6.07) is 8.35. The molecule has 1 amide bonds. The van der Waals surface area contributed by atoms with Crippen LogP contribution in [0, 0.1) is 6.92 Å². The van der Waals surface area contributed by atoms with Crippen molar-refractivity contribution in [2.24, 2.45) is 5.73 Å². The van der Waals surface area contributed by atoms with Crippen LogP contribution in [0.3, 0.4) is 0 Å². The molecule has 1 aliphatic carbocycles. The monoisotopic (exact) mass is 366 g/mol. The summed E-state index contributed by atoms with van der Waals surface area (Å²) >= 11 is 1.41. The van der Waals surface area contributed by atoms with Gasteiger partial charge in [-0.2, -0.15) is 0 Å². The van der Waals surface area contributed by atoms with Crippen molar-refractivity contribution >= 4 is 34.8 Å². The Morgan fingerprint density at radius 1 is 1.21 bits per heavy atom. The van der Waals surface area contributed by atoms with Crippen molar-refractivity contribution in [3.63, 3.8) is 0 Å². The first-order chi connectivity index (χ1) is 11.0. The van der Waals surface area contributed by atoms with Crippen LogP contribution in [0.5, 0.6) is 0 Å². The molecule has 130 valence electrons. The molecule has 7 heteroatoms. The van der Waals surface area contributed by atoms with E-state index >= 15 is 0 Å². The van der Waals surface area contributed by atoms with Crippen LogP contribution in [0.1, 0.15) is 48.2 Å². The van der Waals surface area contributed by atoms with Gasteiger partial charge in [0.25, 0.3) is 0 Å². The molecular weight excluding hydrogens is 344 g/mol. The van der Waals surface area contributed by atoms with Crippen molar-refractivity contribution < 1.29 is 4.79 Å². The topological polar surface area (TPSA) is 80.9 Å². The summed E-state index contributed by atoms with van der Waals surface area (Å²) in [5, 5.41) is 12.5. The third-order valence-electron chi connectivity index (χ3n) is 4.36. The fourth-order valence-corrected chi connectivity index (χ4v) is 3.66. The smallest absolute Gasteiger partial charge is 0.246 e. The molecule has 0 unspecified atom stereocenters. The van der Waals surface area contributed by atoms with E-state index in [4.69, 9.17) is 5.73 Å². The predicted octanol–water partition coefficient (Wildman–Crippen LogP) is 3.46.